The maximum atomic E-state index is 9.93. The van der Waals surface area contributed by atoms with Crippen LogP contribution in [0.3, 0.4) is 0 Å². The number of hydrogen-bond acceptors (Lipinski definition) is 3. The maximum absolute atomic E-state index is 9.93. The van der Waals surface area contributed by atoms with Crippen molar-refractivity contribution in [2.24, 2.45) is 0 Å². The molecule has 0 aliphatic heterocycles. The molecule has 3 rings (SSSR count). The third-order valence-electron chi connectivity index (χ3n) is 2.96. The molecule has 3 nitrogen and oxygen atoms in total. The van der Waals surface area contributed by atoms with Gasteiger partial charge >= 0.3 is 0 Å². The SMILES string of the molecule is Oc1cc2ccc3ccccc3c2c(O)c1O. The fourth-order valence-corrected chi connectivity index (χ4v) is 2.13. The molecule has 17 heavy (non-hydrogen) atoms. The summed E-state index contributed by atoms with van der Waals surface area (Å²) in [6.07, 6.45) is 0. The molecule has 0 spiro atoms. The van der Waals surface area contributed by atoms with Gasteiger partial charge in [-0.1, -0.05) is 36.4 Å². The minimum absolute atomic E-state index is 0.281. The van der Waals surface area contributed by atoms with Crippen molar-refractivity contribution in [3.63, 3.8) is 0 Å². The van der Waals surface area contributed by atoms with E-state index in [0.29, 0.717) is 10.8 Å². The van der Waals surface area contributed by atoms with Crippen molar-refractivity contribution in [1.82, 2.24) is 0 Å². The summed E-state index contributed by atoms with van der Waals surface area (Å²) < 4.78 is 0. The number of rotatable bonds is 0. The second-order valence-electron chi connectivity index (χ2n) is 3.98. The molecule has 0 fully saturated rings. The van der Waals surface area contributed by atoms with Crippen LogP contribution in [0.15, 0.2) is 42.5 Å². The van der Waals surface area contributed by atoms with E-state index in [1.54, 1.807) is 6.07 Å². The molecule has 3 aromatic carbocycles. The Kier molecular flexibility index (Phi) is 1.89. The average molecular weight is 226 g/mol. The summed E-state index contributed by atoms with van der Waals surface area (Å²) in [5.41, 5.74) is 0. The van der Waals surface area contributed by atoms with Crippen LogP contribution in [0, 0.1) is 0 Å². The molecule has 0 aromatic heterocycles. The minimum Gasteiger partial charge on any atom is -0.504 e. The first kappa shape index (κ1) is 9.78. The van der Waals surface area contributed by atoms with Gasteiger partial charge in [0, 0.05) is 5.39 Å². The van der Waals surface area contributed by atoms with E-state index in [4.69, 9.17) is 0 Å². The fraction of sp³-hybridized carbons (Fsp3) is 0. The lowest BCUT2D eigenvalue weighted by Crippen LogP contribution is -1.80. The Bertz CT molecular complexity index is 732. The largest absolute Gasteiger partial charge is 0.504 e. The van der Waals surface area contributed by atoms with Crippen LogP contribution >= 0.6 is 0 Å². The number of hydrogen-bond donors (Lipinski definition) is 3. The number of fused-ring (bicyclic) bond motifs is 3. The Morgan fingerprint density at radius 1 is 0.706 bits per heavy atom. The normalized spacial score (nSPS) is 11.1. The van der Waals surface area contributed by atoms with Crippen molar-refractivity contribution in [2.75, 3.05) is 0 Å². The highest BCUT2D eigenvalue weighted by Gasteiger charge is 2.13. The zero-order chi connectivity index (χ0) is 12.0. The molecule has 0 aliphatic carbocycles. The molecule has 0 radical (unpaired) electrons. The zero-order valence-electron chi connectivity index (χ0n) is 8.88. The monoisotopic (exact) mass is 226 g/mol. The molecule has 0 atom stereocenters. The van der Waals surface area contributed by atoms with Crippen LogP contribution < -0.4 is 0 Å². The topological polar surface area (TPSA) is 60.7 Å². The van der Waals surface area contributed by atoms with Crippen LogP contribution in [0.1, 0.15) is 0 Å². The lowest BCUT2D eigenvalue weighted by Gasteiger charge is -2.08. The van der Waals surface area contributed by atoms with Gasteiger partial charge in [-0.2, -0.15) is 0 Å². The standard InChI is InChI=1S/C14H10O3/c15-11-7-9-6-5-8-3-1-2-4-10(8)12(9)14(17)13(11)16/h1-7,15-17H. The summed E-state index contributed by atoms with van der Waals surface area (Å²) in [4.78, 5) is 0. The minimum atomic E-state index is -0.478. The summed E-state index contributed by atoms with van der Waals surface area (Å²) >= 11 is 0. The van der Waals surface area contributed by atoms with Crippen LogP contribution in [-0.2, 0) is 0 Å². The van der Waals surface area contributed by atoms with Crippen molar-refractivity contribution in [2.45, 2.75) is 0 Å². The first-order valence-corrected chi connectivity index (χ1v) is 5.24. The van der Waals surface area contributed by atoms with Crippen LogP contribution in [0.2, 0.25) is 0 Å². The van der Waals surface area contributed by atoms with Gasteiger partial charge in [-0.05, 0) is 22.2 Å². The Balaban J connectivity index is 2.62. The lowest BCUT2D eigenvalue weighted by molar-refractivity contribution is 0.371. The third-order valence-corrected chi connectivity index (χ3v) is 2.96. The van der Waals surface area contributed by atoms with Gasteiger partial charge in [0.2, 0.25) is 5.75 Å². The summed E-state index contributed by atoms with van der Waals surface area (Å²) in [5.74, 6) is -1.07. The molecule has 0 heterocycles. The zero-order valence-corrected chi connectivity index (χ0v) is 8.88. The van der Waals surface area contributed by atoms with Gasteiger partial charge in [0.25, 0.3) is 0 Å². The van der Waals surface area contributed by atoms with Crippen molar-refractivity contribution >= 4 is 21.5 Å². The van der Waals surface area contributed by atoms with E-state index < -0.39 is 5.75 Å². The predicted molar refractivity (Wildman–Crippen MR) is 66.4 cm³/mol. The maximum Gasteiger partial charge on any atom is 0.200 e. The molecular weight excluding hydrogens is 216 g/mol. The Labute approximate surface area is 97.2 Å². The van der Waals surface area contributed by atoms with Crippen molar-refractivity contribution in [3.8, 4) is 17.2 Å². The fourth-order valence-electron chi connectivity index (χ4n) is 2.13. The first-order valence-electron chi connectivity index (χ1n) is 5.24. The van der Waals surface area contributed by atoms with Gasteiger partial charge in [-0.3, -0.25) is 0 Å². The second kappa shape index (κ2) is 3.28. The highest BCUT2D eigenvalue weighted by molar-refractivity contribution is 6.11. The molecule has 84 valence electrons. The van der Waals surface area contributed by atoms with Crippen molar-refractivity contribution < 1.29 is 15.3 Å². The summed E-state index contributed by atoms with van der Waals surface area (Å²) in [6.45, 7) is 0. The van der Waals surface area contributed by atoms with E-state index in [1.165, 1.54) is 6.07 Å². The molecule has 0 aliphatic rings. The highest BCUT2D eigenvalue weighted by Crippen LogP contribution is 2.43. The van der Waals surface area contributed by atoms with Crippen LogP contribution in [0.5, 0.6) is 17.2 Å². The Morgan fingerprint density at radius 3 is 2.24 bits per heavy atom. The lowest BCUT2D eigenvalue weighted by atomic mass is 10.0. The molecule has 3 heteroatoms. The number of benzene rings is 3. The van der Waals surface area contributed by atoms with Crippen LogP contribution in [0.25, 0.3) is 21.5 Å². The summed E-state index contributed by atoms with van der Waals surface area (Å²) in [6, 6.07) is 12.7. The van der Waals surface area contributed by atoms with Gasteiger partial charge in [-0.25, -0.2) is 0 Å². The third kappa shape index (κ3) is 1.29. The average Bonchev–Trinajstić information content (AvgIpc) is 2.35. The quantitative estimate of drug-likeness (QED) is 0.407. The van der Waals surface area contributed by atoms with Gasteiger partial charge in [-0.15, -0.1) is 0 Å². The van der Waals surface area contributed by atoms with E-state index in [9.17, 15) is 15.3 Å². The molecule has 3 aromatic rings. The van der Waals surface area contributed by atoms with Gasteiger partial charge in [0.05, 0.1) is 0 Å². The first-order chi connectivity index (χ1) is 8.18. The van der Waals surface area contributed by atoms with Crippen LogP contribution in [-0.4, -0.2) is 15.3 Å². The number of phenols is 3. The highest BCUT2D eigenvalue weighted by atomic mass is 16.3. The van der Waals surface area contributed by atoms with Crippen molar-refractivity contribution in [3.05, 3.63) is 42.5 Å². The van der Waals surface area contributed by atoms with Gasteiger partial charge in [0.15, 0.2) is 11.5 Å². The van der Waals surface area contributed by atoms with Crippen LogP contribution in [0.4, 0.5) is 0 Å². The molecule has 0 saturated carbocycles. The summed E-state index contributed by atoms with van der Waals surface area (Å²) in [5, 5.41) is 32.0. The van der Waals surface area contributed by atoms with E-state index in [0.717, 1.165) is 10.8 Å². The van der Waals surface area contributed by atoms with Crippen molar-refractivity contribution in [1.29, 1.82) is 0 Å². The molecule has 0 unspecified atom stereocenters. The van der Waals surface area contributed by atoms with E-state index >= 15 is 0 Å². The Hall–Kier alpha value is -2.42. The van der Waals surface area contributed by atoms with Gasteiger partial charge in [0.1, 0.15) is 0 Å². The molecule has 0 bridgehead atoms. The van der Waals surface area contributed by atoms with E-state index in [-0.39, 0.29) is 11.5 Å². The Morgan fingerprint density at radius 2 is 1.41 bits per heavy atom. The molecule has 0 amide bonds. The van der Waals surface area contributed by atoms with E-state index in [2.05, 4.69) is 0 Å². The second-order valence-corrected chi connectivity index (χ2v) is 3.98. The molecule has 3 N–H and O–H groups in total. The number of aromatic hydroxyl groups is 3. The van der Waals surface area contributed by atoms with E-state index in [1.807, 2.05) is 30.3 Å². The predicted octanol–water partition coefficient (Wildman–Crippen LogP) is 3.11. The smallest absolute Gasteiger partial charge is 0.200 e. The van der Waals surface area contributed by atoms with Gasteiger partial charge < -0.3 is 15.3 Å². The molecular formula is C14H10O3. The summed E-state index contributed by atoms with van der Waals surface area (Å²) in [7, 11) is 0. The number of phenolic OH excluding ortho intramolecular Hbond substituents is 3. The molecule has 0 saturated heterocycles.